The molecule has 0 aromatic rings. The zero-order valence-corrected chi connectivity index (χ0v) is 11.1. The van der Waals surface area contributed by atoms with E-state index in [1.54, 1.807) is 0 Å². The predicted octanol–water partition coefficient (Wildman–Crippen LogP) is 1.42. The van der Waals surface area contributed by atoms with Crippen molar-refractivity contribution in [2.45, 2.75) is 46.1 Å². The topological polar surface area (TPSA) is 75.6 Å². The van der Waals surface area contributed by atoms with Crippen LogP contribution in [0, 0.1) is 5.92 Å². The van der Waals surface area contributed by atoms with Gasteiger partial charge in [-0.3, -0.25) is 9.59 Å². The van der Waals surface area contributed by atoms with E-state index in [1.807, 2.05) is 27.7 Å². The number of carbonyl (C=O) groups excluding carboxylic acids is 1. The van der Waals surface area contributed by atoms with E-state index in [4.69, 9.17) is 9.84 Å². The average molecular weight is 245 g/mol. The smallest absolute Gasteiger partial charge is 0.308 e. The molecular weight excluding hydrogens is 222 g/mol. The van der Waals surface area contributed by atoms with Crippen LogP contribution in [-0.4, -0.2) is 35.7 Å². The minimum Gasteiger partial charge on any atom is -0.481 e. The fraction of sp³-hybridized carbons (Fsp3) is 0.833. The molecule has 0 aromatic heterocycles. The first-order valence-corrected chi connectivity index (χ1v) is 5.89. The zero-order chi connectivity index (χ0) is 13.5. The molecule has 17 heavy (non-hydrogen) atoms. The number of ether oxygens (including phenoxy) is 1. The van der Waals surface area contributed by atoms with Crippen molar-refractivity contribution in [1.29, 1.82) is 0 Å². The highest BCUT2D eigenvalue weighted by Crippen LogP contribution is 2.07. The summed E-state index contributed by atoms with van der Waals surface area (Å²) in [4.78, 5) is 22.2. The monoisotopic (exact) mass is 245 g/mol. The Hall–Kier alpha value is -1.10. The molecule has 0 bridgehead atoms. The fourth-order valence-electron chi connectivity index (χ4n) is 1.23. The third-order valence-corrected chi connectivity index (χ3v) is 2.17. The molecule has 0 heterocycles. The first-order valence-electron chi connectivity index (χ1n) is 5.89. The zero-order valence-electron chi connectivity index (χ0n) is 11.1. The van der Waals surface area contributed by atoms with Gasteiger partial charge < -0.3 is 15.2 Å². The molecule has 0 rings (SSSR count). The molecular formula is C12H23NO4. The van der Waals surface area contributed by atoms with Crippen LogP contribution < -0.4 is 5.32 Å². The number of carbonyl (C=O) groups is 2. The maximum absolute atomic E-state index is 11.4. The van der Waals surface area contributed by atoms with Crippen molar-refractivity contribution in [3.8, 4) is 0 Å². The molecule has 1 unspecified atom stereocenters. The summed E-state index contributed by atoms with van der Waals surface area (Å²) in [5, 5.41) is 11.5. The van der Waals surface area contributed by atoms with E-state index in [-0.39, 0.29) is 24.7 Å². The van der Waals surface area contributed by atoms with Crippen molar-refractivity contribution in [3.63, 3.8) is 0 Å². The molecule has 0 spiro atoms. The van der Waals surface area contributed by atoms with Crippen molar-refractivity contribution < 1.29 is 19.4 Å². The van der Waals surface area contributed by atoms with Crippen molar-refractivity contribution in [3.05, 3.63) is 0 Å². The molecule has 5 heteroatoms. The summed E-state index contributed by atoms with van der Waals surface area (Å²) in [6.45, 7) is 7.62. The van der Waals surface area contributed by atoms with Gasteiger partial charge in [0.1, 0.15) is 6.61 Å². The number of amides is 1. The van der Waals surface area contributed by atoms with E-state index in [0.29, 0.717) is 6.42 Å². The number of carboxylic acid groups (broad SMARTS) is 1. The standard InChI is InChI=1S/C12H23NO4/c1-5-6-9(11(15)16)7-13-10(14)8-17-12(2,3)4/h9H,5-8H2,1-4H3,(H,13,14)(H,15,16). The molecule has 5 nitrogen and oxygen atoms in total. The highest BCUT2D eigenvalue weighted by Gasteiger charge is 2.18. The lowest BCUT2D eigenvalue weighted by atomic mass is 10.0. The van der Waals surface area contributed by atoms with Crippen molar-refractivity contribution in [2.75, 3.05) is 13.2 Å². The fourth-order valence-corrected chi connectivity index (χ4v) is 1.23. The van der Waals surface area contributed by atoms with Gasteiger partial charge in [0.2, 0.25) is 5.91 Å². The van der Waals surface area contributed by atoms with Crippen LogP contribution >= 0.6 is 0 Å². The molecule has 0 fully saturated rings. The molecule has 0 saturated heterocycles. The van der Waals surface area contributed by atoms with E-state index in [9.17, 15) is 9.59 Å². The Morgan fingerprint density at radius 2 is 1.94 bits per heavy atom. The molecule has 0 aromatic carbocycles. The second-order valence-corrected chi connectivity index (χ2v) is 5.03. The lowest BCUT2D eigenvalue weighted by Gasteiger charge is -2.19. The van der Waals surface area contributed by atoms with Gasteiger partial charge in [0.15, 0.2) is 0 Å². The van der Waals surface area contributed by atoms with Crippen LogP contribution in [0.3, 0.4) is 0 Å². The Morgan fingerprint density at radius 1 is 1.35 bits per heavy atom. The number of carboxylic acids is 1. The van der Waals surface area contributed by atoms with E-state index in [1.165, 1.54) is 0 Å². The van der Waals surface area contributed by atoms with Crippen LogP contribution in [0.4, 0.5) is 0 Å². The number of nitrogens with one attached hydrogen (secondary N) is 1. The minimum absolute atomic E-state index is 0.0397. The molecule has 0 radical (unpaired) electrons. The summed E-state index contributed by atoms with van der Waals surface area (Å²) in [6, 6.07) is 0. The van der Waals surface area contributed by atoms with Crippen LogP contribution in [0.25, 0.3) is 0 Å². The number of aliphatic carboxylic acids is 1. The Bertz CT molecular complexity index is 258. The summed E-state index contributed by atoms with van der Waals surface area (Å²) >= 11 is 0. The Balaban J connectivity index is 3.92. The van der Waals surface area contributed by atoms with Gasteiger partial charge in [-0.05, 0) is 27.2 Å². The Labute approximate surface area is 103 Å². The predicted molar refractivity (Wildman–Crippen MR) is 64.7 cm³/mol. The lowest BCUT2D eigenvalue weighted by molar-refractivity contribution is -0.142. The Morgan fingerprint density at radius 3 is 2.35 bits per heavy atom. The third kappa shape index (κ3) is 8.68. The number of rotatable bonds is 7. The second-order valence-electron chi connectivity index (χ2n) is 5.03. The summed E-state index contributed by atoms with van der Waals surface area (Å²) in [6.07, 6.45) is 1.35. The van der Waals surface area contributed by atoms with Gasteiger partial charge in [-0.1, -0.05) is 13.3 Å². The van der Waals surface area contributed by atoms with Gasteiger partial charge in [-0.2, -0.15) is 0 Å². The third-order valence-electron chi connectivity index (χ3n) is 2.17. The first-order chi connectivity index (χ1) is 7.76. The molecule has 0 saturated carbocycles. The molecule has 1 atom stereocenters. The molecule has 1 amide bonds. The summed E-state index contributed by atoms with van der Waals surface area (Å²) < 4.78 is 5.28. The largest absolute Gasteiger partial charge is 0.481 e. The molecule has 100 valence electrons. The van der Waals surface area contributed by atoms with E-state index < -0.39 is 11.9 Å². The normalized spacial score (nSPS) is 13.2. The SMILES string of the molecule is CCCC(CNC(=O)COC(C)(C)C)C(=O)O. The average Bonchev–Trinajstić information content (AvgIpc) is 2.19. The highest BCUT2D eigenvalue weighted by atomic mass is 16.5. The summed E-state index contributed by atoms with van der Waals surface area (Å²) in [7, 11) is 0. The summed E-state index contributed by atoms with van der Waals surface area (Å²) in [5.41, 5.74) is -0.368. The van der Waals surface area contributed by atoms with Crippen LogP contribution in [0.1, 0.15) is 40.5 Å². The number of hydrogen-bond acceptors (Lipinski definition) is 3. The Kier molecular flexibility index (Phi) is 6.80. The lowest BCUT2D eigenvalue weighted by Crippen LogP contribution is -2.36. The van der Waals surface area contributed by atoms with Crippen molar-refractivity contribution in [2.24, 2.45) is 5.92 Å². The maximum Gasteiger partial charge on any atom is 0.308 e. The van der Waals surface area contributed by atoms with Gasteiger partial charge >= 0.3 is 5.97 Å². The summed E-state index contributed by atoms with van der Waals surface area (Å²) in [5.74, 6) is -1.66. The van der Waals surface area contributed by atoms with Crippen LogP contribution in [-0.2, 0) is 14.3 Å². The van der Waals surface area contributed by atoms with Crippen molar-refractivity contribution in [1.82, 2.24) is 5.32 Å². The molecule has 0 aliphatic rings. The van der Waals surface area contributed by atoms with Crippen LogP contribution in [0.5, 0.6) is 0 Å². The number of hydrogen-bond donors (Lipinski definition) is 2. The first kappa shape index (κ1) is 15.9. The minimum atomic E-state index is -0.871. The second kappa shape index (κ2) is 7.27. The molecule has 0 aliphatic heterocycles. The van der Waals surface area contributed by atoms with Crippen LogP contribution in [0.15, 0.2) is 0 Å². The van der Waals surface area contributed by atoms with Gasteiger partial charge in [-0.25, -0.2) is 0 Å². The maximum atomic E-state index is 11.4. The van der Waals surface area contributed by atoms with E-state index in [0.717, 1.165) is 6.42 Å². The van der Waals surface area contributed by atoms with Crippen LogP contribution in [0.2, 0.25) is 0 Å². The van der Waals surface area contributed by atoms with E-state index in [2.05, 4.69) is 5.32 Å². The van der Waals surface area contributed by atoms with Gasteiger partial charge in [-0.15, -0.1) is 0 Å². The van der Waals surface area contributed by atoms with Crippen molar-refractivity contribution >= 4 is 11.9 Å². The van der Waals surface area contributed by atoms with E-state index >= 15 is 0 Å². The quantitative estimate of drug-likeness (QED) is 0.711. The van der Waals surface area contributed by atoms with Gasteiger partial charge in [0.25, 0.3) is 0 Å². The molecule has 0 aliphatic carbocycles. The van der Waals surface area contributed by atoms with Gasteiger partial charge in [0.05, 0.1) is 11.5 Å². The molecule has 2 N–H and O–H groups in total. The highest BCUT2D eigenvalue weighted by molar-refractivity contribution is 5.78. The van der Waals surface area contributed by atoms with Gasteiger partial charge in [0, 0.05) is 6.54 Å².